The Morgan fingerprint density at radius 2 is 2.06 bits per heavy atom. The van der Waals surface area contributed by atoms with E-state index in [-0.39, 0.29) is 24.6 Å². The summed E-state index contributed by atoms with van der Waals surface area (Å²) in [6.07, 6.45) is 1.75. The van der Waals surface area contributed by atoms with Gasteiger partial charge in [0.1, 0.15) is 5.84 Å². The summed E-state index contributed by atoms with van der Waals surface area (Å²) in [5, 5.41) is 11.2. The third kappa shape index (κ3) is 5.32. The number of unbranched alkanes of at least 4 members (excludes halogenated alkanes) is 1. The van der Waals surface area contributed by atoms with Crippen LogP contribution in [-0.4, -0.2) is 42.6 Å². The summed E-state index contributed by atoms with van der Waals surface area (Å²) in [7, 11) is -3.20. The zero-order valence-electron chi connectivity index (χ0n) is 9.89. The van der Waals surface area contributed by atoms with Crippen LogP contribution in [0.5, 0.6) is 0 Å². The van der Waals surface area contributed by atoms with Crippen LogP contribution >= 0.6 is 0 Å². The topological polar surface area (TPSA) is 96.0 Å². The highest BCUT2D eigenvalue weighted by molar-refractivity contribution is 7.89. The number of hydrogen-bond acceptors (Lipinski definition) is 4. The first-order chi connectivity index (χ1) is 7.47. The molecule has 0 aromatic rings. The summed E-state index contributed by atoms with van der Waals surface area (Å²) in [5.74, 6) is 0.206. The molecule has 0 saturated heterocycles. The van der Waals surface area contributed by atoms with Crippen LogP contribution < -0.4 is 5.73 Å². The van der Waals surface area contributed by atoms with Gasteiger partial charge in [0.15, 0.2) is 0 Å². The average molecular weight is 251 g/mol. The molecule has 3 N–H and O–H groups in total. The van der Waals surface area contributed by atoms with Gasteiger partial charge in [-0.15, -0.1) is 0 Å². The van der Waals surface area contributed by atoms with Gasteiger partial charge in [-0.05, 0) is 6.42 Å². The van der Waals surface area contributed by atoms with Crippen LogP contribution in [0, 0.1) is 0 Å². The van der Waals surface area contributed by atoms with E-state index >= 15 is 0 Å². The maximum Gasteiger partial charge on any atom is 0.214 e. The fraction of sp³-hybridized carbons (Fsp3) is 0.889. The fourth-order valence-corrected chi connectivity index (χ4v) is 2.91. The van der Waals surface area contributed by atoms with Crippen molar-refractivity contribution >= 4 is 15.9 Å². The van der Waals surface area contributed by atoms with Crippen LogP contribution in [0.25, 0.3) is 0 Å². The first kappa shape index (κ1) is 15.2. The van der Waals surface area contributed by atoms with Gasteiger partial charge in [-0.25, -0.2) is 12.7 Å². The molecule has 0 aliphatic carbocycles. The van der Waals surface area contributed by atoms with E-state index in [4.69, 9.17) is 10.9 Å². The van der Waals surface area contributed by atoms with Crippen molar-refractivity contribution in [2.24, 2.45) is 10.9 Å². The van der Waals surface area contributed by atoms with E-state index in [0.717, 1.165) is 6.42 Å². The molecule has 6 nitrogen and oxygen atoms in total. The number of nitrogens with two attached hydrogens (primary N) is 1. The molecule has 0 unspecified atom stereocenters. The second kappa shape index (κ2) is 7.45. The summed E-state index contributed by atoms with van der Waals surface area (Å²) >= 11 is 0. The molecule has 0 aromatic heterocycles. The smallest absolute Gasteiger partial charge is 0.214 e. The molecule has 0 amide bonds. The highest BCUT2D eigenvalue weighted by atomic mass is 32.2. The molecule has 96 valence electrons. The quantitative estimate of drug-likeness (QED) is 0.285. The molecule has 0 spiro atoms. The Morgan fingerprint density at radius 1 is 1.44 bits per heavy atom. The average Bonchev–Trinajstić information content (AvgIpc) is 2.26. The molecule has 16 heavy (non-hydrogen) atoms. The van der Waals surface area contributed by atoms with Gasteiger partial charge in [0.2, 0.25) is 10.0 Å². The Morgan fingerprint density at radius 3 is 2.50 bits per heavy atom. The number of oxime groups is 1. The molecule has 0 aliphatic heterocycles. The molecule has 0 fully saturated rings. The van der Waals surface area contributed by atoms with Crippen molar-refractivity contribution in [2.75, 3.05) is 18.8 Å². The fourth-order valence-electron chi connectivity index (χ4n) is 1.24. The Kier molecular flexibility index (Phi) is 7.07. The monoisotopic (exact) mass is 251 g/mol. The molecule has 0 radical (unpaired) electrons. The molecule has 0 rings (SSSR count). The van der Waals surface area contributed by atoms with Crippen LogP contribution in [0.1, 0.15) is 33.1 Å². The molecule has 0 saturated carbocycles. The zero-order chi connectivity index (χ0) is 12.6. The van der Waals surface area contributed by atoms with Crippen LogP contribution in [0.3, 0.4) is 0 Å². The number of amidine groups is 1. The van der Waals surface area contributed by atoms with E-state index in [9.17, 15) is 8.42 Å². The van der Waals surface area contributed by atoms with Gasteiger partial charge in [-0.3, -0.25) is 0 Å². The molecule has 0 aliphatic rings. The van der Waals surface area contributed by atoms with Gasteiger partial charge in [-0.2, -0.15) is 0 Å². The van der Waals surface area contributed by atoms with Crippen molar-refractivity contribution in [1.29, 1.82) is 0 Å². The minimum Gasteiger partial charge on any atom is -0.409 e. The predicted molar refractivity (Wildman–Crippen MR) is 64.0 cm³/mol. The third-order valence-corrected chi connectivity index (χ3v) is 4.28. The lowest BCUT2D eigenvalue weighted by atomic mass is 10.4. The lowest BCUT2D eigenvalue weighted by molar-refractivity contribution is 0.315. The minimum atomic E-state index is -3.20. The normalized spacial score (nSPS) is 13.3. The predicted octanol–water partition coefficient (Wildman–Crippen LogP) is 0.575. The molecular formula is C9H21N3O3S. The highest BCUT2D eigenvalue weighted by Crippen LogP contribution is 2.05. The van der Waals surface area contributed by atoms with Gasteiger partial charge in [-0.1, -0.05) is 25.4 Å². The molecule has 0 atom stereocenters. The zero-order valence-corrected chi connectivity index (χ0v) is 10.7. The van der Waals surface area contributed by atoms with Crippen molar-refractivity contribution in [3.63, 3.8) is 0 Å². The summed E-state index contributed by atoms with van der Waals surface area (Å²) in [5.41, 5.74) is 5.30. The first-order valence-corrected chi connectivity index (χ1v) is 7.03. The molecule has 0 aromatic carbocycles. The second-order valence-electron chi connectivity index (χ2n) is 3.50. The van der Waals surface area contributed by atoms with E-state index < -0.39 is 10.0 Å². The van der Waals surface area contributed by atoms with Gasteiger partial charge in [0, 0.05) is 19.5 Å². The number of nitrogens with zero attached hydrogens (tertiary/aromatic N) is 2. The largest absolute Gasteiger partial charge is 0.409 e. The van der Waals surface area contributed by atoms with Crippen molar-refractivity contribution in [1.82, 2.24) is 4.31 Å². The Balaban J connectivity index is 4.37. The highest BCUT2D eigenvalue weighted by Gasteiger charge is 2.19. The van der Waals surface area contributed by atoms with Gasteiger partial charge < -0.3 is 10.9 Å². The van der Waals surface area contributed by atoms with Gasteiger partial charge in [0.25, 0.3) is 0 Å². The Labute approximate surface area is 97.2 Å². The van der Waals surface area contributed by atoms with E-state index in [1.165, 1.54) is 4.31 Å². The van der Waals surface area contributed by atoms with Crippen LogP contribution in [0.2, 0.25) is 0 Å². The third-order valence-electron chi connectivity index (χ3n) is 2.25. The van der Waals surface area contributed by atoms with E-state index in [1.807, 2.05) is 6.92 Å². The van der Waals surface area contributed by atoms with Crippen LogP contribution in [-0.2, 0) is 10.0 Å². The Hall–Kier alpha value is -0.820. The van der Waals surface area contributed by atoms with Crippen molar-refractivity contribution in [2.45, 2.75) is 33.1 Å². The SMILES string of the molecule is CCCCS(=O)(=O)N(CC)CCC(N)=NO. The first-order valence-electron chi connectivity index (χ1n) is 5.42. The molecule has 0 heterocycles. The minimum absolute atomic E-state index is 0.0455. The number of rotatable bonds is 8. The molecule has 7 heteroatoms. The van der Waals surface area contributed by atoms with E-state index in [1.54, 1.807) is 6.92 Å². The second-order valence-corrected chi connectivity index (χ2v) is 5.59. The molecular weight excluding hydrogens is 230 g/mol. The summed E-state index contributed by atoms with van der Waals surface area (Å²) in [6.45, 7) is 4.39. The number of sulfonamides is 1. The standard InChI is InChI=1S/C9H21N3O3S/c1-3-5-8-16(14,15)12(4-2)7-6-9(10)11-13/h13H,3-8H2,1-2H3,(H2,10,11). The van der Waals surface area contributed by atoms with E-state index in [0.29, 0.717) is 13.0 Å². The maximum atomic E-state index is 11.8. The van der Waals surface area contributed by atoms with Crippen LogP contribution in [0.4, 0.5) is 0 Å². The summed E-state index contributed by atoms with van der Waals surface area (Å²) in [4.78, 5) is 0. The van der Waals surface area contributed by atoms with Gasteiger partial charge in [0.05, 0.1) is 5.75 Å². The van der Waals surface area contributed by atoms with Crippen LogP contribution in [0.15, 0.2) is 5.16 Å². The van der Waals surface area contributed by atoms with Crippen molar-refractivity contribution in [3.05, 3.63) is 0 Å². The summed E-state index contributed by atoms with van der Waals surface area (Å²) < 4.78 is 25.0. The van der Waals surface area contributed by atoms with E-state index in [2.05, 4.69) is 5.16 Å². The lowest BCUT2D eigenvalue weighted by Gasteiger charge is -2.19. The lowest BCUT2D eigenvalue weighted by Crippen LogP contribution is -2.35. The van der Waals surface area contributed by atoms with Gasteiger partial charge >= 0.3 is 0 Å². The van der Waals surface area contributed by atoms with Crippen molar-refractivity contribution < 1.29 is 13.6 Å². The maximum absolute atomic E-state index is 11.8. The number of hydrogen-bond donors (Lipinski definition) is 2. The summed E-state index contributed by atoms with van der Waals surface area (Å²) in [6, 6.07) is 0. The van der Waals surface area contributed by atoms with Crippen molar-refractivity contribution in [3.8, 4) is 0 Å². The Bertz CT molecular complexity index is 314. The molecule has 0 bridgehead atoms.